The van der Waals surface area contributed by atoms with Gasteiger partial charge in [-0.15, -0.1) is 5.56 Å². The number of benzene rings is 4. The molecule has 0 saturated carbocycles. The largest absolute Gasteiger partial charge is 0.410 e. The number of rotatable bonds is 10. The van der Waals surface area contributed by atoms with Crippen LogP contribution < -0.4 is 9.80 Å². The van der Waals surface area contributed by atoms with Crippen molar-refractivity contribution in [3.8, 4) is 0 Å². The maximum Gasteiger partial charge on any atom is 0.410 e. The number of hydrogen-bond donors (Lipinski definition) is 0. The summed E-state index contributed by atoms with van der Waals surface area (Å²) in [7, 11) is 0. The zero-order valence-corrected chi connectivity index (χ0v) is 32.7. The Morgan fingerprint density at radius 2 is 1.29 bits per heavy atom. The topological polar surface area (TPSA) is 9.49 Å². The van der Waals surface area contributed by atoms with Gasteiger partial charge in [0, 0.05) is 63.6 Å². The molecule has 1 radical (unpaired) electrons. The molecular formula is C43H48F4IrN3-. The zero-order chi connectivity index (χ0) is 36.6. The molecule has 1 aliphatic rings. The van der Waals surface area contributed by atoms with Crippen LogP contribution in [-0.2, 0) is 20.1 Å². The summed E-state index contributed by atoms with van der Waals surface area (Å²) in [5.74, 6) is -0.214. The van der Waals surface area contributed by atoms with E-state index in [0.29, 0.717) is 17.2 Å². The van der Waals surface area contributed by atoms with Crippen LogP contribution in [0.1, 0.15) is 72.6 Å². The van der Waals surface area contributed by atoms with Crippen molar-refractivity contribution >= 4 is 18.1 Å². The van der Waals surface area contributed by atoms with Crippen LogP contribution >= 0.6 is 0 Å². The first-order valence-corrected chi connectivity index (χ1v) is 17.1. The smallest absolute Gasteiger partial charge is 0.372 e. The van der Waals surface area contributed by atoms with Gasteiger partial charge in [-0.05, 0) is 88.1 Å². The minimum Gasteiger partial charge on any atom is -0.372 e. The minimum atomic E-state index is -4.42. The molecule has 0 aliphatic carbocycles. The Labute approximate surface area is 315 Å². The first-order valence-electron chi connectivity index (χ1n) is 17.1. The maximum absolute atomic E-state index is 13.0. The van der Waals surface area contributed by atoms with Crippen molar-refractivity contribution in [1.29, 1.82) is 0 Å². The quantitative estimate of drug-likeness (QED) is 0.0680. The maximum atomic E-state index is 13.0. The molecule has 0 amide bonds. The van der Waals surface area contributed by atoms with Crippen LogP contribution in [0.3, 0.4) is 0 Å². The fourth-order valence-electron chi connectivity index (χ4n) is 6.32. The number of hydrogen-bond acceptors (Lipinski definition) is 2. The van der Waals surface area contributed by atoms with Crippen molar-refractivity contribution in [2.24, 2.45) is 0 Å². The average molecular weight is 875 g/mol. The van der Waals surface area contributed by atoms with E-state index in [1.54, 1.807) is 0 Å². The molecule has 1 heterocycles. The third kappa shape index (κ3) is 10.2. The van der Waals surface area contributed by atoms with Gasteiger partial charge in [-0.2, -0.15) is 25.3 Å². The molecule has 273 valence electrons. The fraction of sp³-hybridized carbons (Fsp3) is 0.279. The Hall–Kier alpha value is -4.26. The van der Waals surface area contributed by atoms with Crippen molar-refractivity contribution in [3.05, 3.63) is 167 Å². The standard InChI is InChI=1S/C29H38N2.C14H10F4N.Ir/c1-7-30(8-2)26-17-15-25(16-18-26)29(24-13-11-22(5)12-14-24)28-20-19-27(21-23(28)6)31(9-3)10-4;1-9-7-11(15)4-5-12(9)13-6-3-10(8-19(13)2)14(16,17)18;/h11-21,29H,7-10H2,1-6H3;3-8H,1-2H2;/q;-1;. The first kappa shape index (κ1) is 41.2. The summed E-state index contributed by atoms with van der Waals surface area (Å²) in [6.07, 6.45) is -1.29. The van der Waals surface area contributed by atoms with E-state index in [1.165, 1.54) is 63.5 Å². The molecule has 0 aromatic heterocycles. The van der Waals surface area contributed by atoms with Crippen molar-refractivity contribution in [2.75, 3.05) is 36.0 Å². The van der Waals surface area contributed by atoms with Crippen LogP contribution in [0.4, 0.5) is 28.9 Å². The molecule has 1 aliphatic heterocycles. The van der Waals surface area contributed by atoms with Crippen LogP contribution in [0, 0.1) is 32.6 Å². The first-order chi connectivity index (χ1) is 23.8. The fourth-order valence-corrected chi connectivity index (χ4v) is 6.32. The van der Waals surface area contributed by atoms with Gasteiger partial charge >= 0.3 is 6.18 Å². The van der Waals surface area contributed by atoms with Gasteiger partial charge < -0.3 is 9.80 Å². The monoisotopic (exact) mass is 875 g/mol. The summed E-state index contributed by atoms with van der Waals surface area (Å²) in [5, 5.41) is 0. The molecule has 0 spiro atoms. The van der Waals surface area contributed by atoms with Gasteiger partial charge in [0.05, 0.1) is 24.1 Å². The Kier molecular flexibility index (Phi) is 14.8. The van der Waals surface area contributed by atoms with Gasteiger partial charge in [0.25, 0.3) is 0 Å². The van der Waals surface area contributed by atoms with Gasteiger partial charge in [-0.3, -0.25) is 4.58 Å². The Balaban J connectivity index is 0.000000301. The third-order valence-electron chi connectivity index (χ3n) is 9.15. The van der Waals surface area contributed by atoms with Crippen molar-refractivity contribution in [3.63, 3.8) is 0 Å². The van der Waals surface area contributed by atoms with Crippen LogP contribution in [0.15, 0.2) is 109 Å². The van der Waals surface area contributed by atoms with Gasteiger partial charge in [-0.1, -0.05) is 66.2 Å². The summed E-state index contributed by atoms with van der Waals surface area (Å²) in [5.41, 5.74) is 9.46. The van der Waals surface area contributed by atoms with Crippen LogP contribution in [-0.4, -0.2) is 43.6 Å². The molecule has 4 aromatic rings. The third-order valence-corrected chi connectivity index (χ3v) is 9.15. The van der Waals surface area contributed by atoms with E-state index in [2.05, 4.69) is 132 Å². The molecule has 3 nitrogen and oxygen atoms in total. The molecule has 0 N–H and O–H groups in total. The molecule has 1 atom stereocenters. The predicted molar refractivity (Wildman–Crippen MR) is 201 cm³/mol. The van der Waals surface area contributed by atoms with Crippen molar-refractivity contribution in [2.45, 2.75) is 53.6 Å². The molecule has 5 rings (SSSR count). The zero-order valence-electron chi connectivity index (χ0n) is 30.3. The van der Waals surface area contributed by atoms with E-state index >= 15 is 0 Å². The van der Waals surface area contributed by atoms with E-state index in [9.17, 15) is 17.6 Å². The normalized spacial score (nSPS) is 13.1. The number of allylic oxidation sites excluding steroid dienone is 2. The summed E-state index contributed by atoms with van der Waals surface area (Å²) in [4.78, 5) is 4.81. The molecule has 8 heteroatoms. The minimum absolute atomic E-state index is 0. The van der Waals surface area contributed by atoms with E-state index in [-0.39, 0.29) is 26.0 Å². The molecular weight excluding hydrogens is 827 g/mol. The molecule has 0 saturated heterocycles. The van der Waals surface area contributed by atoms with Crippen molar-refractivity contribution < 1.29 is 42.2 Å². The van der Waals surface area contributed by atoms with E-state index in [0.717, 1.165) is 43.0 Å². The van der Waals surface area contributed by atoms with Gasteiger partial charge in [-0.25, -0.2) is 16.9 Å². The molecule has 0 fully saturated rings. The van der Waals surface area contributed by atoms with Crippen molar-refractivity contribution in [1.82, 2.24) is 0 Å². The summed E-state index contributed by atoms with van der Waals surface area (Å²) in [6, 6.07) is 29.5. The predicted octanol–water partition coefficient (Wildman–Crippen LogP) is 10.8. The number of halogens is 4. The second-order valence-electron chi connectivity index (χ2n) is 12.4. The second-order valence-corrected chi connectivity index (χ2v) is 12.4. The summed E-state index contributed by atoms with van der Waals surface area (Å²) in [6.45, 7) is 24.6. The Morgan fingerprint density at radius 3 is 1.78 bits per heavy atom. The molecule has 0 bridgehead atoms. The summed E-state index contributed by atoms with van der Waals surface area (Å²) < 4.78 is 51.7. The Bertz CT molecular complexity index is 1800. The number of nitrogens with zero attached hydrogens (tertiary/aromatic N) is 3. The summed E-state index contributed by atoms with van der Waals surface area (Å²) >= 11 is 0. The second kappa shape index (κ2) is 18.3. The van der Waals surface area contributed by atoms with Gasteiger partial charge in [0.2, 0.25) is 0 Å². The number of aryl methyl sites for hydroxylation is 2. The molecule has 4 aromatic carbocycles. The SMILES string of the molecule is C=[N+]1C=C(C(F)(F)F)C=C[C-]1c1ccc(F)cc1[CH2-].CCN(CC)c1ccc(C(c2ccc(C)cc2)c2ccc(N(CC)CC)cc2C)cc1.[Ir]. The number of anilines is 2. The molecule has 51 heavy (non-hydrogen) atoms. The van der Waals surface area contributed by atoms with Crippen LogP contribution in [0.25, 0.3) is 0 Å². The Morgan fingerprint density at radius 1 is 0.765 bits per heavy atom. The van der Waals surface area contributed by atoms with Crippen LogP contribution in [0.5, 0.6) is 0 Å². The number of alkyl halides is 3. The van der Waals surface area contributed by atoms with Gasteiger partial charge in [0.15, 0.2) is 0 Å². The van der Waals surface area contributed by atoms with E-state index < -0.39 is 17.6 Å². The van der Waals surface area contributed by atoms with E-state index in [1.807, 2.05) is 0 Å². The average Bonchev–Trinajstić information content (AvgIpc) is 3.08. The van der Waals surface area contributed by atoms with Crippen LogP contribution in [0.2, 0.25) is 0 Å². The molecule has 1 unspecified atom stereocenters. The van der Waals surface area contributed by atoms with Gasteiger partial charge in [0.1, 0.15) is 6.20 Å². The van der Waals surface area contributed by atoms with E-state index in [4.69, 9.17) is 0 Å².